The molecular weight excluding hydrogens is 280 g/mol. The van der Waals surface area contributed by atoms with Crippen molar-refractivity contribution in [3.63, 3.8) is 0 Å². The number of sulfonamides is 1. The van der Waals surface area contributed by atoms with Gasteiger partial charge in [0.15, 0.2) is 0 Å². The Hall–Kier alpha value is -1.91. The van der Waals surface area contributed by atoms with E-state index in [0.717, 1.165) is 0 Å². The molecule has 7 heteroatoms. The third kappa shape index (κ3) is 5.38. The molecule has 1 unspecified atom stereocenters. The molecule has 108 valence electrons. The molecule has 0 aliphatic carbocycles. The number of rotatable bonds is 7. The molecule has 1 atom stereocenters. The van der Waals surface area contributed by atoms with Crippen LogP contribution in [0.5, 0.6) is 0 Å². The fraction of sp³-hybridized carbons (Fsp3) is 0.385. The molecule has 0 aliphatic heterocycles. The summed E-state index contributed by atoms with van der Waals surface area (Å²) in [5, 5.41) is 17.4. The molecule has 6 nitrogen and oxygen atoms in total. The molecular formula is C13H16N2O4S. The van der Waals surface area contributed by atoms with E-state index in [4.69, 9.17) is 10.4 Å². The summed E-state index contributed by atoms with van der Waals surface area (Å²) in [6, 6.07) is 7.55. The van der Waals surface area contributed by atoms with Crippen molar-refractivity contribution in [1.29, 1.82) is 5.26 Å². The molecule has 1 aromatic rings. The van der Waals surface area contributed by atoms with Crippen LogP contribution in [0.3, 0.4) is 0 Å². The predicted molar refractivity (Wildman–Crippen MR) is 73.2 cm³/mol. The van der Waals surface area contributed by atoms with E-state index in [1.165, 1.54) is 0 Å². The summed E-state index contributed by atoms with van der Waals surface area (Å²) in [5.41, 5.74) is 0.998. The van der Waals surface area contributed by atoms with E-state index in [-0.39, 0.29) is 12.2 Å². The molecule has 20 heavy (non-hydrogen) atoms. The Kier molecular flexibility index (Phi) is 5.67. The second-order valence-electron chi connectivity index (χ2n) is 4.39. The number of aliphatic carboxylic acids is 1. The minimum Gasteiger partial charge on any atom is -0.481 e. The summed E-state index contributed by atoms with van der Waals surface area (Å²) in [6.45, 7) is 1.72. The summed E-state index contributed by atoms with van der Waals surface area (Å²) >= 11 is 0. The molecule has 0 saturated heterocycles. The summed E-state index contributed by atoms with van der Waals surface area (Å²) in [5.74, 6) is -1.28. The van der Waals surface area contributed by atoms with E-state index in [0.29, 0.717) is 17.5 Å². The predicted octanol–water partition coefficient (Wildman–Crippen LogP) is 1.23. The van der Waals surface area contributed by atoms with Gasteiger partial charge >= 0.3 is 5.97 Å². The average molecular weight is 296 g/mol. The number of nitrogens with zero attached hydrogens (tertiary/aromatic N) is 1. The van der Waals surface area contributed by atoms with Gasteiger partial charge in [-0.05, 0) is 24.1 Å². The highest BCUT2D eigenvalue weighted by Gasteiger charge is 2.19. The van der Waals surface area contributed by atoms with Crippen molar-refractivity contribution in [2.24, 2.45) is 0 Å². The second-order valence-corrected chi connectivity index (χ2v) is 6.14. The third-order valence-corrected chi connectivity index (χ3v) is 4.11. The highest BCUT2D eigenvalue weighted by molar-refractivity contribution is 7.88. The van der Waals surface area contributed by atoms with Crippen LogP contribution in [0.4, 0.5) is 0 Å². The van der Waals surface area contributed by atoms with Gasteiger partial charge in [-0.15, -0.1) is 0 Å². The Balaban J connectivity index is 2.73. The Labute approximate surface area is 118 Å². The first-order valence-electron chi connectivity index (χ1n) is 6.07. The van der Waals surface area contributed by atoms with Gasteiger partial charge in [0.2, 0.25) is 10.0 Å². The first kappa shape index (κ1) is 16.1. The zero-order valence-corrected chi connectivity index (χ0v) is 11.9. The Morgan fingerprint density at radius 2 is 2.00 bits per heavy atom. The van der Waals surface area contributed by atoms with Gasteiger partial charge in [-0.3, -0.25) is 4.79 Å². The number of nitrogens with one attached hydrogen (secondary N) is 1. The molecule has 0 fully saturated rings. The number of benzene rings is 1. The zero-order chi connectivity index (χ0) is 15.2. The lowest BCUT2D eigenvalue weighted by Gasteiger charge is -2.15. The van der Waals surface area contributed by atoms with E-state index in [2.05, 4.69) is 4.72 Å². The van der Waals surface area contributed by atoms with Crippen LogP contribution in [0.25, 0.3) is 0 Å². The monoisotopic (exact) mass is 296 g/mol. The van der Waals surface area contributed by atoms with Crippen molar-refractivity contribution < 1.29 is 18.3 Å². The number of nitriles is 1. The van der Waals surface area contributed by atoms with Crippen molar-refractivity contribution in [3.8, 4) is 6.07 Å². The topological polar surface area (TPSA) is 107 Å². The SMILES string of the molecule is CCC(CC(=O)O)NS(=O)(=O)Cc1ccc(C#N)cc1. The quantitative estimate of drug-likeness (QED) is 0.787. The highest BCUT2D eigenvalue weighted by atomic mass is 32.2. The molecule has 0 bridgehead atoms. The number of carboxylic acids is 1. The first-order chi connectivity index (χ1) is 9.36. The first-order valence-corrected chi connectivity index (χ1v) is 7.72. The van der Waals surface area contributed by atoms with Crippen molar-refractivity contribution in [1.82, 2.24) is 4.72 Å². The lowest BCUT2D eigenvalue weighted by molar-refractivity contribution is -0.137. The fourth-order valence-corrected chi connectivity index (χ4v) is 3.14. The average Bonchev–Trinajstić information content (AvgIpc) is 2.37. The molecule has 0 saturated carbocycles. The Morgan fingerprint density at radius 1 is 1.40 bits per heavy atom. The van der Waals surface area contributed by atoms with Crippen LogP contribution >= 0.6 is 0 Å². The van der Waals surface area contributed by atoms with Crippen LogP contribution in [0.1, 0.15) is 30.9 Å². The largest absolute Gasteiger partial charge is 0.481 e. The molecule has 0 aliphatic rings. The minimum atomic E-state index is -3.61. The van der Waals surface area contributed by atoms with Gasteiger partial charge in [-0.25, -0.2) is 13.1 Å². The van der Waals surface area contributed by atoms with Crippen molar-refractivity contribution in [2.45, 2.75) is 31.6 Å². The Morgan fingerprint density at radius 3 is 2.45 bits per heavy atom. The number of carboxylic acid groups (broad SMARTS) is 1. The Bertz CT molecular complexity index is 602. The maximum atomic E-state index is 11.9. The zero-order valence-electron chi connectivity index (χ0n) is 11.0. The lowest BCUT2D eigenvalue weighted by atomic mass is 10.2. The molecule has 1 aromatic carbocycles. The minimum absolute atomic E-state index is 0.241. The van der Waals surface area contributed by atoms with E-state index < -0.39 is 22.0 Å². The standard InChI is InChI=1S/C13H16N2O4S/c1-2-12(7-13(16)17)15-20(18,19)9-11-5-3-10(8-14)4-6-11/h3-6,12,15H,2,7,9H2,1H3,(H,16,17). The van der Waals surface area contributed by atoms with Crippen molar-refractivity contribution in [2.75, 3.05) is 0 Å². The summed E-state index contributed by atoms with van der Waals surface area (Å²) in [7, 11) is -3.61. The molecule has 2 N–H and O–H groups in total. The van der Waals surface area contributed by atoms with Gasteiger partial charge in [0, 0.05) is 6.04 Å². The van der Waals surface area contributed by atoms with Crippen LogP contribution in [0.2, 0.25) is 0 Å². The summed E-state index contributed by atoms with van der Waals surface area (Å²) < 4.78 is 26.3. The van der Waals surface area contributed by atoms with Gasteiger partial charge in [-0.1, -0.05) is 19.1 Å². The van der Waals surface area contributed by atoms with Crippen LogP contribution in [0, 0.1) is 11.3 Å². The van der Waals surface area contributed by atoms with Gasteiger partial charge in [0.1, 0.15) is 0 Å². The molecule has 0 spiro atoms. The van der Waals surface area contributed by atoms with Crippen LogP contribution in [-0.2, 0) is 20.6 Å². The van der Waals surface area contributed by atoms with Gasteiger partial charge in [0.25, 0.3) is 0 Å². The lowest BCUT2D eigenvalue weighted by Crippen LogP contribution is -2.36. The maximum Gasteiger partial charge on any atom is 0.304 e. The molecule has 0 radical (unpaired) electrons. The van der Waals surface area contributed by atoms with E-state index >= 15 is 0 Å². The molecule has 0 amide bonds. The number of carbonyl (C=O) groups is 1. The smallest absolute Gasteiger partial charge is 0.304 e. The highest BCUT2D eigenvalue weighted by Crippen LogP contribution is 2.09. The van der Waals surface area contributed by atoms with Crippen LogP contribution < -0.4 is 4.72 Å². The summed E-state index contributed by atoms with van der Waals surface area (Å²) in [4.78, 5) is 10.6. The fourth-order valence-electron chi connectivity index (χ4n) is 1.67. The normalized spacial score (nSPS) is 12.6. The molecule has 0 aromatic heterocycles. The third-order valence-electron chi connectivity index (χ3n) is 2.70. The van der Waals surface area contributed by atoms with E-state index in [1.807, 2.05) is 6.07 Å². The van der Waals surface area contributed by atoms with Gasteiger partial charge in [0.05, 0.1) is 23.8 Å². The molecule has 0 heterocycles. The number of hydrogen-bond acceptors (Lipinski definition) is 4. The van der Waals surface area contributed by atoms with Crippen LogP contribution in [-0.4, -0.2) is 25.5 Å². The van der Waals surface area contributed by atoms with Crippen molar-refractivity contribution in [3.05, 3.63) is 35.4 Å². The molecule has 1 rings (SSSR count). The second kappa shape index (κ2) is 7.03. The van der Waals surface area contributed by atoms with Crippen molar-refractivity contribution >= 4 is 16.0 Å². The van der Waals surface area contributed by atoms with E-state index in [1.54, 1.807) is 31.2 Å². The van der Waals surface area contributed by atoms with E-state index in [9.17, 15) is 13.2 Å². The van der Waals surface area contributed by atoms with Crippen LogP contribution in [0.15, 0.2) is 24.3 Å². The number of hydrogen-bond donors (Lipinski definition) is 2. The van der Waals surface area contributed by atoms with Gasteiger partial charge in [-0.2, -0.15) is 5.26 Å². The maximum absolute atomic E-state index is 11.9. The van der Waals surface area contributed by atoms with Gasteiger partial charge < -0.3 is 5.11 Å². The summed E-state index contributed by atoms with van der Waals surface area (Å²) in [6.07, 6.45) is 0.155.